The van der Waals surface area contributed by atoms with Gasteiger partial charge >= 0.3 is 12.1 Å². The molecule has 2 aromatic carbocycles. The predicted octanol–water partition coefficient (Wildman–Crippen LogP) is 6.08. The predicted molar refractivity (Wildman–Crippen MR) is 127 cm³/mol. The monoisotopic (exact) mass is 549 g/mol. The molecule has 0 saturated carbocycles. The number of esters is 1. The zero-order valence-electron chi connectivity index (χ0n) is 18.3. The molecule has 0 aliphatic carbocycles. The van der Waals surface area contributed by atoms with E-state index in [1.807, 2.05) is 30.3 Å². The number of ether oxygens (including phenoxy) is 2. The van der Waals surface area contributed by atoms with Gasteiger partial charge in [-0.25, -0.2) is 19.0 Å². The molecule has 0 bridgehead atoms. The van der Waals surface area contributed by atoms with E-state index in [-0.39, 0.29) is 34.2 Å². The van der Waals surface area contributed by atoms with Crippen LogP contribution in [0.2, 0.25) is 5.02 Å². The van der Waals surface area contributed by atoms with E-state index in [0.717, 1.165) is 5.56 Å². The number of rotatable bonds is 6. The van der Waals surface area contributed by atoms with Crippen LogP contribution in [0.3, 0.4) is 0 Å². The third kappa shape index (κ3) is 4.81. The Morgan fingerprint density at radius 2 is 1.94 bits per heavy atom. The number of aromatic nitrogens is 2. The van der Waals surface area contributed by atoms with E-state index in [4.69, 9.17) is 21.1 Å². The molecule has 10 heteroatoms. The van der Waals surface area contributed by atoms with Gasteiger partial charge in [0.1, 0.15) is 17.0 Å². The lowest BCUT2D eigenvalue weighted by Gasteiger charge is -2.24. The number of halogens is 3. The number of nitrogens with zero attached hydrogens (tertiary/aromatic N) is 3. The molecular formula is C24H22BrClFN3O4. The maximum Gasteiger partial charge on any atom is 0.410 e. The zero-order chi connectivity index (χ0) is 24.2. The van der Waals surface area contributed by atoms with Crippen molar-refractivity contribution in [2.75, 3.05) is 13.2 Å². The Balaban J connectivity index is 1.71. The van der Waals surface area contributed by atoms with Crippen LogP contribution in [-0.4, -0.2) is 39.7 Å². The van der Waals surface area contributed by atoms with Crippen molar-refractivity contribution in [1.82, 2.24) is 14.5 Å². The van der Waals surface area contributed by atoms with Gasteiger partial charge in [0, 0.05) is 6.54 Å². The van der Waals surface area contributed by atoms with Crippen molar-refractivity contribution in [2.24, 2.45) is 0 Å². The molecule has 1 amide bonds. The molecule has 1 fully saturated rings. The van der Waals surface area contributed by atoms with Gasteiger partial charge in [0.15, 0.2) is 11.5 Å². The second-order valence-electron chi connectivity index (χ2n) is 7.63. The average molecular weight is 551 g/mol. The van der Waals surface area contributed by atoms with Crippen LogP contribution in [0.15, 0.2) is 53.1 Å². The number of hydrogen-bond donors (Lipinski definition) is 0. The molecule has 1 aliphatic heterocycles. The molecular weight excluding hydrogens is 529 g/mol. The number of hydrogen-bond acceptors (Lipinski definition) is 5. The molecule has 1 atom stereocenters. The number of carbonyl (C=O) groups excluding carboxylic acids is 2. The Bertz CT molecular complexity index is 1200. The summed E-state index contributed by atoms with van der Waals surface area (Å²) < 4.78 is 27.4. The Hall–Kier alpha value is -2.91. The molecule has 0 N–H and O–H groups in total. The second kappa shape index (κ2) is 10.6. The van der Waals surface area contributed by atoms with Gasteiger partial charge in [0.05, 0.1) is 23.4 Å². The number of benzene rings is 2. The fraction of sp³-hybridized carbons (Fsp3) is 0.292. The maximum atomic E-state index is 15.0. The van der Waals surface area contributed by atoms with Crippen LogP contribution >= 0.6 is 27.5 Å². The highest BCUT2D eigenvalue weighted by Crippen LogP contribution is 2.37. The van der Waals surface area contributed by atoms with E-state index in [1.54, 1.807) is 17.9 Å². The van der Waals surface area contributed by atoms with Gasteiger partial charge in [-0.2, -0.15) is 0 Å². The van der Waals surface area contributed by atoms with E-state index in [0.29, 0.717) is 25.2 Å². The highest BCUT2D eigenvalue weighted by Gasteiger charge is 2.37. The van der Waals surface area contributed by atoms with Crippen molar-refractivity contribution < 1.29 is 23.5 Å². The minimum Gasteiger partial charge on any atom is -0.461 e. The van der Waals surface area contributed by atoms with Crippen molar-refractivity contribution in [3.63, 3.8) is 0 Å². The van der Waals surface area contributed by atoms with Crippen LogP contribution in [0.5, 0.6) is 0 Å². The van der Waals surface area contributed by atoms with Crippen molar-refractivity contribution in [3.05, 3.63) is 81.1 Å². The largest absolute Gasteiger partial charge is 0.461 e. The number of imidazole rings is 1. The summed E-state index contributed by atoms with van der Waals surface area (Å²) in [6, 6.07) is 13.4. The van der Waals surface area contributed by atoms with Crippen molar-refractivity contribution >= 4 is 39.6 Å². The molecule has 7 nitrogen and oxygen atoms in total. The van der Waals surface area contributed by atoms with Crippen LogP contribution in [0.25, 0.3) is 5.69 Å². The Kier molecular flexibility index (Phi) is 7.53. The van der Waals surface area contributed by atoms with Gasteiger partial charge in [0.25, 0.3) is 0 Å². The van der Waals surface area contributed by atoms with E-state index < -0.39 is 23.9 Å². The summed E-state index contributed by atoms with van der Waals surface area (Å²) in [4.78, 5) is 31.6. The van der Waals surface area contributed by atoms with Crippen molar-refractivity contribution in [2.45, 2.75) is 32.4 Å². The Morgan fingerprint density at radius 1 is 1.18 bits per heavy atom. The Morgan fingerprint density at radius 3 is 2.68 bits per heavy atom. The lowest BCUT2D eigenvalue weighted by Crippen LogP contribution is -2.32. The number of amides is 1. The first-order valence-electron chi connectivity index (χ1n) is 10.8. The van der Waals surface area contributed by atoms with Crippen LogP contribution in [0.1, 0.15) is 47.7 Å². The molecule has 0 unspecified atom stereocenters. The maximum absolute atomic E-state index is 15.0. The van der Waals surface area contributed by atoms with Crippen molar-refractivity contribution in [1.29, 1.82) is 0 Å². The molecule has 34 heavy (non-hydrogen) atoms. The third-order valence-corrected chi connectivity index (χ3v) is 6.50. The van der Waals surface area contributed by atoms with Gasteiger partial charge in [-0.15, -0.1) is 0 Å². The fourth-order valence-corrected chi connectivity index (χ4v) is 4.71. The van der Waals surface area contributed by atoms with Gasteiger partial charge in [0.2, 0.25) is 0 Å². The average Bonchev–Trinajstić information content (AvgIpc) is 3.45. The number of carbonyl (C=O) groups is 2. The summed E-state index contributed by atoms with van der Waals surface area (Å²) in [7, 11) is 0. The fourth-order valence-electron chi connectivity index (χ4n) is 3.92. The highest BCUT2D eigenvalue weighted by atomic mass is 79.9. The summed E-state index contributed by atoms with van der Waals surface area (Å²) in [5.74, 6) is -1.02. The zero-order valence-corrected chi connectivity index (χ0v) is 20.7. The smallest absolute Gasteiger partial charge is 0.410 e. The standard InChI is InChI=1S/C24H22BrClFN3O4/c1-2-33-23(31)20-21(25)30(17-11-6-10-16(26)19(17)27)22(28-20)18-12-7-13-29(18)24(32)34-14-15-8-4-3-5-9-15/h3-6,8-11,18H,2,7,12-14H2,1H3/t18-/m1/s1. The third-order valence-electron chi connectivity index (χ3n) is 5.48. The molecule has 1 aromatic heterocycles. The molecule has 1 aliphatic rings. The van der Waals surface area contributed by atoms with E-state index in [2.05, 4.69) is 20.9 Å². The van der Waals surface area contributed by atoms with Crippen LogP contribution < -0.4 is 0 Å². The minimum atomic E-state index is -0.671. The quantitative estimate of drug-likeness (QED) is 0.348. The van der Waals surface area contributed by atoms with Crippen LogP contribution in [-0.2, 0) is 16.1 Å². The summed E-state index contributed by atoms with van der Waals surface area (Å²) in [6.45, 7) is 2.40. The van der Waals surface area contributed by atoms with Crippen LogP contribution in [0, 0.1) is 5.82 Å². The van der Waals surface area contributed by atoms with Gasteiger partial charge in [-0.3, -0.25) is 9.47 Å². The Labute approximate surface area is 209 Å². The van der Waals surface area contributed by atoms with Gasteiger partial charge < -0.3 is 9.47 Å². The molecule has 2 heterocycles. The van der Waals surface area contributed by atoms with Gasteiger partial charge in [-0.1, -0.05) is 48.0 Å². The minimum absolute atomic E-state index is 0.0132. The van der Waals surface area contributed by atoms with E-state index in [9.17, 15) is 9.59 Å². The second-order valence-corrected chi connectivity index (χ2v) is 8.79. The summed E-state index contributed by atoms with van der Waals surface area (Å²) in [5.41, 5.74) is 0.948. The first-order valence-corrected chi connectivity index (χ1v) is 12.0. The molecule has 4 rings (SSSR count). The summed E-state index contributed by atoms with van der Waals surface area (Å²) in [6.07, 6.45) is 0.748. The molecule has 0 spiro atoms. The van der Waals surface area contributed by atoms with Crippen LogP contribution in [0.4, 0.5) is 9.18 Å². The van der Waals surface area contributed by atoms with E-state index >= 15 is 4.39 Å². The molecule has 0 radical (unpaired) electrons. The lowest BCUT2D eigenvalue weighted by atomic mass is 10.2. The summed E-state index contributed by atoms with van der Waals surface area (Å²) in [5, 5.41) is -0.0766. The normalized spacial score (nSPS) is 15.4. The molecule has 3 aromatic rings. The van der Waals surface area contributed by atoms with E-state index in [1.165, 1.54) is 16.7 Å². The highest BCUT2D eigenvalue weighted by molar-refractivity contribution is 9.10. The molecule has 1 saturated heterocycles. The summed E-state index contributed by atoms with van der Waals surface area (Å²) >= 11 is 9.41. The topological polar surface area (TPSA) is 73.7 Å². The van der Waals surface area contributed by atoms with Gasteiger partial charge in [-0.05, 0) is 53.4 Å². The first-order chi connectivity index (χ1) is 16.4. The molecule has 178 valence electrons. The van der Waals surface area contributed by atoms with Crippen molar-refractivity contribution in [3.8, 4) is 5.69 Å². The SMILES string of the molecule is CCOC(=O)c1nc([C@H]2CCCN2C(=O)OCc2ccccc2)n(-c2cccc(Cl)c2F)c1Br. The first kappa shape index (κ1) is 24.2. The lowest BCUT2D eigenvalue weighted by molar-refractivity contribution is 0.0518. The number of likely N-dealkylation sites (tertiary alicyclic amines) is 1.